The third kappa shape index (κ3) is 4.94. The van der Waals surface area contributed by atoms with Crippen LogP contribution in [0, 0.1) is 11.2 Å². The van der Waals surface area contributed by atoms with Crippen LogP contribution in [0.2, 0.25) is 0 Å². The number of hydrogen-bond donors (Lipinski definition) is 2. The number of imidazole rings is 1. The van der Waals surface area contributed by atoms with E-state index in [1.807, 2.05) is 36.0 Å². The predicted octanol–water partition coefficient (Wildman–Crippen LogP) is 5.92. The van der Waals surface area contributed by atoms with Crippen LogP contribution in [0.1, 0.15) is 12.8 Å². The number of rotatable bonds is 7. The molecule has 39 heavy (non-hydrogen) atoms. The highest BCUT2D eigenvalue weighted by molar-refractivity contribution is 6.16. The Bertz CT molecular complexity index is 1690. The van der Waals surface area contributed by atoms with Gasteiger partial charge in [-0.3, -0.25) is 14.6 Å². The van der Waals surface area contributed by atoms with Crippen molar-refractivity contribution in [2.24, 2.45) is 12.5 Å². The van der Waals surface area contributed by atoms with E-state index in [9.17, 15) is 14.0 Å². The Morgan fingerprint density at radius 3 is 2.18 bits per heavy atom. The quantitative estimate of drug-likeness (QED) is 0.259. The fraction of sp³-hybridized carbons (Fsp3) is 0.133. The molecule has 0 aliphatic heterocycles. The Labute approximate surface area is 223 Å². The number of carbonyl (C=O) groups is 2. The molecule has 2 N–H and O–H groups in total. The van der Waals surface area contributed by atoms with Crippen LogP contribution in [0.15, 0.2) is 91.5 Å². The van der Waals surface area contributed by atoms with Crippen molar-refractivity contribution in [2.75, 3.05) is 10.6 Å². The summed E-state index contributed by atoms with van der Waals surface area (Å²) in [5.41, 5.74) is 2.48. The van der Waals surface area contributed by atoms with Gasteiger partial charge in [-0.25, -0.2) is 9.37 Å². The first-order valence-electron chi connectivity index (χ1n) is 12.4. The lowest BCUT2D eigenvalue weighted by molar-refractivity contribution is -0.131. The van der Waals surface area contributed by atoms with Gasteiger partial charge in [0.15, 0.2) is 0 Å². The van der Waals surface area contributed by atoms with Crippen molar-refractivity contribution in [3.8, 4) is 22.8 Å². The van der Waals surface area contributed by atoms with E-state index >= 15 is 0 Å². The second-order valence-electron chi connectivity index (χ2n) is 9.59. The number of halogens is 1. The molecule has 2 amide bonds. The number of ether oxygens (including phenoxy) is 1. The Morgan fingerprint density at radius 2 is 1.56 bits per heavy atom. The summed E-state index contributed by atoms with van der Waals surface area (Å²) in [6.07, 6.45) is 6.30. The van der Waals surface area contributed by atoms with Gasteiger partial charge in [0.1, 0.15) is 22.7 Å². The van der Waals surface area contributed by atoms with Crippen molar-refractivity contribution in [3.63, 3.8) is 0 Å². The summed E-state index contributed by atoms with van der Waals surface area (Å²) in [5.74, 6) is 0.0661. The van der Waals surface area contributed by atoms with Gasteiger partial charge in [-0.15, -0.1) is 0 Å². The van der Waals surface area contributed by atoms with E-state index in [0.29, 0.717) is 35.7 Å². The topological polar surface area (TPSA) is 98.1 Å². The van der Waals surface area contributed by atoms with Gasteiger partial charge in [-0.2, -0.15) is 0 Å². The van der Waals surface area contributed by atoms with Crippen molar-refractivity contribution in [2.45, 2.75) is 12.8 Å². The molecule has 0 saturated heterocycles. The Hall–Kier alpha value is -5.05. The average molecular weight is 522 g/mol. The van der Waals surface area contributed by atoms with Crippen LogP contribution in [-0.2, 0) is 16.6 Å². The summed E-state index contributed by atoms with van der Waals surface area (Å²) in [6.45, 7) is 0. The van der Waals surface area contributed by atoms with Gasteiger partial charge < -0.3 is 19.9 Å². The predicted molar refractivity (Wildman–Crippen MR) is 146 cm³/mol. The molecule has 3 aromatic carbocycles. The van der Waals surface area contributed by atoms with Crippen molar-refractivity contribution in [1.29, 1.82) is 0 Å². The second kappa shape index (κ2) is 9.68. The number of pyridine rings is 1. The van der Waals surface area contributed by atoms with Crippen LogP contribution in [0.4, 0.5) is 15.8 Å². The Morgan fingerprint density at radius 1 is 0.897 bits per heavy atom. The number of anilines is 2. The lowest BCUT2D eigenvalue weighted by Crippen LogP contribution is -2.35. The molecule has 0 bridgehead atoms. The number of aromatic nitrogens is 3. The summed E-state index contributed by atoms with van der Waals surface area (Å²) in [7, 11) is 1.93. The van der Waals surface area contributed by atoms with Gasteiger partial charge >= 0.3 is 0 Å². The SMILES string of the molecule is Cn1cnc(-c2ccc3c(Oc4ccc(NC(=O)C5(C(=O)Nc6ccc(F)cc6)CC5)cc4)ccnc3c2)c1. The first-order chi connectivity index (χ1) is 18.9. The standard InChI is InChI=1S/C30H24FN5O3/c1-36-17-26(33-18-36)19-2-11-24-25(16-19)32-15-12-27(24)39-23-9-7-22(8-10-23)35-29(38)30(13-14-30)28(37)34-21-5-3-20(31)4-6-21/h2-12,15-18H,13-14H2,1H3,(H,34,37)(H,35,38). The molecule has 2 aromatic heterocycles. The average Bonchev–Trinajstić information content (AvgIpc) is 3.65. The van der Waals surface area contributed by atoms with E-state index in [4.69, 9.17) is 4.74 Å². The molecule has 8 nitrogen and oxygen atoms in total. The maximum Gasteiger partial charge on any atom is 0.240 e. The number of benzene rings is 3. The molecule has 9 heteroatoms. The molecular weight excluding hydrogens is 497 g/mol. The maximum absolute atomic E-state index is 13.1. The van der Waals surface area contributed by atoms with Crippen LogP contribution in [-0.4, -0.2) is 26.3 Å². The molecule has 194 valence electrons. The summed E-state index contributed by atoms with van der Waals surface area (Å²) in [5, 5.41) is 6.40. The summed E-state index contributed by atoms with van der Waals surface area (Å²) in [6, 6.07) is 20.1. The van der Waals surface area contributed by atoms with Crippen LogP contribution >= 0.6 is 0 Å². The minimum absolute atomic E-state index is 0.375. The van der Waals surface area contributed by atoms with Gasteiger partial charge in [0.2, 0.25) is 11.8 Å². The maximum atomic E-state index is 13.1. The Balaban J connectivity index is 1.13. The van der Waals surface area contributed by atoms with Crippen LogP contribution in [0.5, 0.6) is 11.5 Å². The van der Waals surface area contributed by atoms with Gasteiger partial charge in [-0.1, -0.05) is 6.07 Å². The first kappa shape index (κ1) is 24.3. The molecule has 0 atom stereocenters. The number of fused-ring (bicyclic) bond motifs is 1. The van der Waals surface area contributed by atoms with E-state index in [1.54, 1.807) is 42.9 Å². The highest BCUT2D eigenvalue weighted by Crippen LogP contribution is 2.47. The Kier molecular flexibility index (Phi) is 6.03. The van der Waals surface area contributed by atoms with Crippen molar-refractivity contribution >= 4 is 34.1 Å². The second-order valence-corrected chi connectivity index (χ2v) is 9.59. The summed E-state index contributed by atoms with van der Waals surface area (Å²) in [4.78, 5) is 34.6. The molecule has 0 spiro atoms. The number of nitrogens with zero attached hydrogens (tertiary/aromatic N) is 3. The monoisotopic (exact) mass is 521 g/mol. The fourth-order valence-corrected chi connectivity index (χ4v) is 4.38. The number of carbonyl (C=O) groups excluding carboxylic acids is 2. The minimum Gasteiger partial charge on any atom is -0.457 e. The van der Waals surface area contributed by atoms with Gasteiger partial charge in [-0.05, 0) is 79.6 Å². The zero-order valence-electron chi connectivity index (χ0n) is 21.0. The molecular formula is C30H24FN5O3. The molecule has 5 aromatic rings. The lowest BCUT2D eigenvalue weighted by Gasteiger charge is -2.16. The number of amides is 2. The zero-order chi connectivity index (χ0) is 27.0. The lowest BCUT2D eigenvalue weighted by atomic mass is 10.0. The fourth-order valence-electron chi connectivity index (χ4n) is 4.38. The largest absolute Gasteiger partial charge is 0.457 e. The van der Waals surface area contributed by atoms with E-state index in [0.717, 1.165) is 22.2 Å². The minimum atomic E-state index is -1.13. The van der Waals surface area contributed by atoms with Gasteiger partial charge in [0.05, 0.1) is 17.5 Å². The zero-order valence-corrected chi connectivity index (χ0v) is 21.0. The number of hydrogen-bond acceptors (Lipinski definition) is 5. The van der Waals surface area contributed by atoms with E-state index in [1.165, 1.54) is 24.3 Å². The van der Waals surface area contributed by atoms with Crippen molar-refractivity contribution in [1.82, 2.24) is 14.5 Å². The van der Waals surface area contributed by atoms with Gasteiger partial charge in [0, 0.05) is 41.8 Å². The molecule has 1 aliphatic rings. The normalized spacial score (nSPS) is 13.6. The molecule has 0 radical (unpaired) electrons. The highest BCUT2D eigenvalue weighted by Gasteiger charge is 2.56. The molecule has 0 unspecified atom stereocenters. The first-order valence-corrected chi connectivity index (χ1v) is 12.4. The van der Waals surface area contributed by atoms with Crippen LogP contribution in [0.25, 0.3) is 22.2 Å². The van der Waals surface area contributed by atoms with Crippen molar-refractivity contribution < 1.29 is 18.7 Å². The van der Waals surface area contributed by atoms with Crippen molar-refractivity contribution in [3.05, 3.63) is 97.3 Å². The summed E-state index contributed by atoms with van der Waals surface area (Å²) < 4.78 is 21.2. The molecule has 2 heterocycles. The van der Waals surface area contributed by atoms with E-state index < -0.39 is 17.1 Å². The third-order valence-electron chi connectivity index (χ3n) is 6.76. The number of nitrogens with one attached hydrogen (secondary N) is 2. The van der Waals surface area contributed by atoms with E-state index in [2.05, 4.69) is 20.6 Å². The molecule has 6 rings (SSSR count). The highest BCUT2D eigenvalue weighted by atomic mass is 19.1. The number of aryl methyl sites for hydroxylation is 1. The van der Waals surface area contributed by atoms with Gasteiger partial charge in [0.25, 0.3) is 0 Å². The molecule has 1 fully saturated rings. The van der Waals surface area contributed by atoms with E-state index in [-0.39, 0.29) is 5.91 Å². The molecule has 1 aliphatic carbocycles. The van der Waals surface area contributed by atoms with Crippen LogP contribution < -0.4 is 15.4 Å². The third-order valence-corrected chi connectivity index (χ3v) is 6.76. The molecule has 1 saturated carbocycles. The van der Waals surface area contributed by atoms with Crippen LogP contribution in [0.3, 0.4) is 0 Å². The smallest absolute Gasteiger partial charge is 0.240 e. The summed E-state index contributed by atoms with van der Waals surface area (Å²) >= 11 is 0.